The third-order valence-electron chi connectivity index (χ3n) is 4.17. The molecule has 1 aromatic heterocycles. The molecule has 154 valence electrons. The standard InChI is InChI=1S/C23H20Cl2N2O3/c1-14(2)23(29)27-17-6-4-16(5-7-17)26-22(28)12-9-18-8-11-21(30-18)19-10-3-15(24)13-20(19)25/h3-14H,1-2H3,(H,26,28)(H,27,29)/b12-9+. The van der Waals surface area contributed by atoms with E-state index < -0.39 is 0 Å². The highest BCUT2D eigenvalue weighted by atomic mass is 35.5. The summed E-state index contributed by atoms with van der Waals surface area (Å²) in [5.74, 6) is 0.616. The summed E-state index contributed by atoms with van der Waals surface area (Å²) in [6, 6.07) is 15.6. The van der Waals surface area contributed by atoms with Gasteiger partial charge in [0.15, 0.2) is 0 Å². The maximum absolute atomic E-state index is 12.2. The molecular weight excluding hydrogens is 423 g/mol. The Hall–Kier alpha value is -3.02. The molecule has 3 aromatic rings. The van der Waals surface area contributed by atoms with Gasteiger partial charge in [-0.15, -0.1) is 0 Å². The van der Waals surface area contributed by atoms with E-state index in [1.807, 2.05) is 13.8 Å². The van der Waals surface area contributed by atoms with Crippen molar-refractivity contribution in [2.75, 3.05) is 10.6 Å². The predicted octanol–water partition coefficient (Wildman–Crippen LogP) is 6.50. The van der Waals surface area contributed by atoms with Gasteiger partial charge in [-0.1, -0.05) is 37.0 Å². The van der Waals surface area contributed by atoms with Crippen molar-refractivity contribution in [3.05, 3.63) is 76.5 Å². The highest BCUT2D eigenvalue weighted by molar-refractivity contribution is 6.36. The van der Waals surface area contributed by atoms with Crippen molar-refractivity contribution in [3.8, 4) is 11.3 Å². The van der Waals surface area contributed by atoms with E-state index >= 15 is 0 Å². The first-order chi connectivity index (χ1) is 14.3. The van der Waals surface area contributed by atoms with Crippen LogP contribution in [0, 0.1) is 5.92 Å². The first-order valence-corrected chi connectivity index (χ1v) is 10.0. The van der Waals surface area contributed by atoms with E-state index in [4.69, 9.17) is 27.6 Å². The van der Waals surface area contributed by atoms with Crippen LogP contribution in [0.2, 0.25) is 10.0 Å². The van der Waals surface area contributed by atoms with Gasteiger partial charge in [-0.3, -0.25) is 9.59 Å². The lowest BCUT2D eigenvalue weighted by Gasteiger charge is -2.08. The summed E-state index contributed by atoms with van der Waals surface area (Å²) < 4.78 is 5.73. The molecule has 0 aliphatic carbocycles. The minimum atomic E-state index is -0.309. The fourth-order valence-electron chi connectivity index (χ4n) is 2.54. The van der Waals surface area contributed by atoms with E-state index in [1.165, 1.54) is 6.08 Å². The van der Waals surface area contributed by atoms with Crippen molar-refractivity contribution < 1.29 is 14.0 Å². The Morgan fingerprint density at radius 2 is 1.60 bits per heavy atom. The summed E-state index contributed by atoms with van der Waals surface area (Å²) in [5, 5.41) is 6.58. The molecule has 1 heterocycles. The summed E-state index contributed by atoms with van der Waals surface area (Å²) in [5.41, 5.74) is 2.00. The Morgan fingerprint density at radius 1 is 0.933 bits per heavy atom. The summed E-state index contributed by atoms with van der Waals surface area (Å²) in [6.07, 6.45) is 2.94. The molecular formula is C23H20Cl2N2O3. The first-order valence-electron chi connectivity index (χ1n) is 9.27. The van der Waals surface area contributed by atoms with Crippen molar-refractivity contribution in [1.29, 1.82) is 0 Å². The lowest BCUT2D eigenvalue weighted by Crippen LogP contribution is -2.17. The van der Waals surface area contributed by atoms with Crippen LogP contribution in [0.5, 0.6) is 0 Å². The highest BCUT2D eigenvalue weighted by Gasteiger charge is 2.09. The van der Waals surface area contributed by atoms with Crippen molar-refractivity contribution in [3.63, 3.8) is 0 Å². The van der Waals surface area contributed by atoms with Gasteiger partial charge in [0.25, 0.3) is 0 Å². The van der Waals surface area contributed by atoms with Crippen molar-refractivity contribution in [1.82, 2.24) is 0 Å². The second kappa shape index (κ2) is 9.65. The molecule has 0 saturated carbocycles. The monoisotopic (exact) mass is 442 g/mol. The van der Waals surface area contributed by atoms with Crippen LogP contribution in [0.3, 0.4) is 0 Å². The second-order valence-electron chi connectivity index (χ2n) is 6.87. The van der Waals surface area contributed by atoms with Gasteiger partial charge in [0.05, 0.1) is 5.02 Å². The largest absolute Gasteiger partial charge is 0.457 e. The quantitative estimate of drug-likeness (QED) is 0.427. The molecule has 3 rings (SSSR count). The van der Waals surface area contributed by atoms with Gasteiger partial charge in [0, 0.05) is 34.0 Å². The number of furan rings is 1. The average Bonchev–Trinajstić information content (AvgIpc) is 3.16. The fourth-order valence-corrected chi connectivity index (χ4v) is 3.04. The van der Waals surface area contributed by atoms with Crippen molar-refractivity contribution in [2.45, 2.75) is 13.8 Å². The Kier molecular flexibility index (Phi) is 6.98. The van der Waals surface area contributed by atoms with Crippen molar-refractivity contribution in [2.24, 2.45) is 5.92 Å². The zero-order valence-electron chi connectivity index (χ0n) is 16.4. The van der Waals surface area contributed by atoms with Crippen LogP contribution >= 0.6 is 23.2 Å². The Morgan fingerprint density at radius 3 is 2.23 bits per heavy atom. The van der Waals surface area contributed by atoms with Crippen LogP contribution in [0.25, 0.3) is 17.4 Å². The van der Waals surface area contributed by atoms with Crippen LogP contribution < -0.4 is 10.6 Å². The van der Waals surface area contributed by atoms with Gasteiger partial charge in [0.1, 0.15) is 11.5 Å². The lowest BCUT2D eigenvalue weighted by molar-refractivity contribution is -0.119. The minimum absolute atomic E-state index is 0.0626. The summed E-state index contributed by atoms with van der Waals surface area (Å²) in [7, 11) is 0. The van der Waals surface area contributed by atoms with Gasteiger partial charge in [-0.25, -0.2) is 0 Å². The summed E-state index contributed by atoms with van der Waals surface area (Å²) in [6.45, 7) is 3.64. The molecule has 0 aliphatic rings. The van der Waals surface area contributed by atoms with Gasteiger partial charge < -0.3 is 15.1 Å². The van der Waals surface area contributed by atoms with Gasteiger partial charge in [0.2, 0.25) is 11.8 Å². The number of anilines is 2. The Balaban J connectivity index is 1.60. The molecule has 0 spiro atoms. The third-order valence-corrected chi connectivity index (χ3v) is 4.71. The van der Waals surface area contributed by atoms with E-state index in [1.54, 1.807) is 60.7 Å². The molecule has 2 aromatic carbocycles. The molecule has 5 nitrogen and oxygen atoms in total. The van der Waals surface area contributed by atoms with E-state index in [9.17, 15) is 9.59 Å². The summed E-state index contributed by atoms with van der Waals surface area (Å²) in [4.78, 5) is 23.9. The van der Waals surface area contributed by atoms with Crippen LogP contribution in [0.1, 0.15) is 19.6 Å². The lowest BCUT2D eigenvalue weighted by atomic mass is 10.2. The molecule has 0 bridgehead atoms. The number of carbonyl (C=O) groups excluding carboxylic acids is 2. The predicted molar refractivity (Wildman–Crippen MR) is 122 cm³/mol. The van der Waals surface area contributed by atoms with Crippen LogP contribution in [-0.2, 0) is 9.59 Å². The zero-order valence-corrected chi connectivity index (χ0v) is 17.9. The molecule has 0 aliphatic heterocycles. The van der Waals surface area contributed by atoms with Crippen LogP contribution in [-0.4, -0.2) is 11.8 Å². The molecule has 30 heavy (non-hydrogen) atoms. The number of halogens is 2. The fraction of sp³-hybridized carbons (Fsp3) is 0.130. The molecule has 0 atom stereocenters. The molecule has 0 radical (unpaired) electrons. The normalized spacial score (nSPS) is 11.1. The van der Waals surface area contributed by atoms with Gasteiger partial charge in [-0.05, 0) is 60.7 Å². The number of benzene rings is 2. The maximum atomic E-state index is 12.2. The third kappa shape index (κ3) is 5.75. The Labute approximate surface area is 184 Å². The molecule has 2 N–H and O–H groups in total. The van der Waals surface area contributed by atoms with Crippen LogP contribution in [0.4, 0.5) is 11.4 Å². The molecule has 0 saturated heterocycles. The van der Waals surface area contributed by atoms with E-state index in [0.717, 1.165) is 5.56 Å². The smallest absolute Gasteiger partial charge is 0.248 e. The van der Waals surface area contributed by atoms with Gasteiger partial charge >= 0.3 is 0 Å². The number of nitrogens with one attached hydrogen (secondary N) is 2. The second-order valence-corrected chi connectivity index (χ2v) is 7.71. The highest BCUT2D eigenvalue weighted by Crippen LogP contribution is 2.31. The van der Waals surface area contributed by atoms with Crippen LogP contribution in [0.15, 0.2) is 65.1 Å². The number of amides is 2. The van der Waals surface area contributed by atoms with Gasteiger partial charge in [-0.2, -0.15) is 0 Å². The molecule has 0 unspecified atom stereocenters. The first kappa shape index (κ1) is 21.7. The summed E-state index contributed by atoms with van der Waals surface area (Å²) >= 11 is 12.1. The molecule has 7 heteroatoms. The Bertz CT molecular complexity index is 1090. The van der Waals surface area contributed by atoms with Crippen molar-refractivity contribution >= 4 is 52.5 Å². The van der Waals surface area contributed by atoms with E-state index in [-0.39, 0.29) is 17.7 Å². The van der Waals surface area contributed by atoms with E-state index in [2.05, 4.69) is 10.6 Å². The maximum Gasteiger partial charge on any atom is 0.248 e. The number of rotatable bonds is 6. The molecule has 2 amide bonds. The minimum Gasteiger partial charge on any atom is -0.457 e. The number of hydrogen-bond acceptors (Lipinski definition) is 3. The number of hydrogen-bond donors (Lipinski definition) is 2. The molecule has 0 fully saturated rings. The topological polar surface area (TPSA) is 71.3 Å². The zero-order chi connectivity index (χ0) is 21.7. The number of carbonyl (C=O) groups is 2. The van der Waals surface area contributed by atoms with E-state index in [0.29, 0.717) is 32.9 Å². The average molecular weight is 443 g/mol. The SMILES string of the molecule is CC(C)C(=O)Nc1ccc(NC(=O)/C=C/c2ccc(-c3ccc(Cl)cc3Cl)o2)cc1.